The zero-order valence-electron chi connectivity index (χ0n) is 14.3. The lowest BCUT2D eigenvalue weighted by Gasteiger charge is -2.27. The first-order valence-corrected chi connectivity index (χ1v) is 9.77. The van der Waals surface area contributed by atoms with E-state index in [2.05, 4.69) is 4.74 Å². The Bertz CT molecular complexity index is 461. The van der Waals surface area contributed by atoms with Gasteiger partial charge in [0.15, 0.2) is 6.29 Å². The van der Waals surface area contributed by atoms with E-state index in [4.69, 9.17) is 9.47 Å². The SMILES string of the molecule is CSC1COC(/C=C/C=C/C=C/C2CCC(OC(F)(F)F)CC2)OC1. The highest BCUT2D eigenvalue weighted by Crippen LogP contribution is 2.31. The number of ether oxygens (including phenoxy) is 3. The Morgan fingerprint density at radius 3 is 2.08 bits per heavy atom. The highest BCUT2D eigenvalue weighted by Gasteiger charge is 2.34. The van der Waals surface area contributed by atoms with E-state index in [0.29, 0.717) is 37.2 Å². The second-order valence-corrected chi connectivity index (χ2v) is 7.29. The predicted molar refractivity (Wildman–Crippen MR) is 93.3 cm³/mol. The zero-order chi connectivity index (χ0) is 18.1. The molecule has 0 bridgehead atoms. The van der Waals surface area contributed by atoms with Gasteiger partial charge in [0.05, 0.1) is 24.6 Å². The molecular weight excluding hydrogens is 353 g/mol. The van der Waals surface area contributed by atoms with Crippen molar-refractivity contribution in [1.82, 2.24) is 0 Å². The third kappa shape index (κ3) is 8.44. The lowest BCUT2D eigenvalue weighted by Crippen LogP contribution is -2.32. The van der Waals surface area contributed by atoms with Gasteiger partial charge in [-0.3, -0.25) is 4.74 Å². The van der Waals surface area contributed by atoms with Gasteiger partial charge < -0.3 is 9.47 Å². The van der Waals surface area contributed by atoms with E-state index in [1.165, 1.54) is 0 Å². The summed E-state index contributed by atoms with van der Waals surface area (Å²) in [6.07, 6.45) is 10.4. The number of hydrogen-bond donors (Lipinski definition) is 0. The highest BCUT2D eigenvalue weighted by atomic mass is 32.2. The van der Waals surface area contributed by atoms with Crippen LogP contribution in [-0.4, -0.2) is 43.5 Å². The molecule has 0 radical (unpaired) electrons. The summed E-state index contributed by atoms with van der Waals surface area (Å²) < 4.78 is 51.7. The lowest BCUT2D eigenvalue weighted by molar-refractivity contribution is -0.345. The molecule has 1 heterocycles. The average Bonchev–Trinajstić information content (AvgIpc) is 2.58. The topological polar surface area (TPSA) is 27.7 Å². The number of rotatable bonds is 6. The van der Waals surface area contributed by atoms with E-state index in [1.54, 1.807) is 11.8 Å². The summed E-state index contributed by atoms with van der Waals surface area (Å²) >= 11 is 1.74. The molecule has 0 N–H and O–H groups in total. The molecule has 0 amide bonds. The Morgan fingerprint density at radius 1 is 0.920 bits per heavy atom. The Kier molecular flexibility index (Phi) is 8.55. The van der Waals surface area contributed by atoms with Crippen LogP contribution in [0.4, 0.5) is 13.2 Å². The third-order valence-electron chi connectivity index (χ3n) is 4.23. The highest BCUT2D eigenvalue weighted by molar-refractivity contribution is 7.99. The van der Waals surface area contributed by atoms with Gasteiger partial charge in [0.1, 0.15) is 0 Å². The molecule has 1 saturated heterocycles. The van der Waals surface area contributed by atoms with Gasteiger partial charge in [-0.25, -0.2) is 0 Å². The van der Waals surface area contributed by atoms with Crippen LogP contribution >= 0.6 is 11.8 Å². The molecule has 7 heteroatoms. The third-order valence-corrected chi connectivity index (χ3v) is 5.17. The van der Waals surface area contributed by atoms with E-state index >= 15 is 0 Å². The molecule has 0 aromatic heterocycles. The molecule has 0 aromatic rings. The summed E-state index contributed by atoms with van der Waals surface area (Å²) in [6, 6.07) is 0. The quantitative estimate of drug-likeness (QED) is 0.617. The molecule has 0 unspecified atom stereocenters. The molecule has 2 rings (SSSR count). The van der Waals surface area contributed by atoms with Gasteiger partial charge in [-0.1, -0.05) is 30.4 Å². The van der Waals surface area contributed by atoms with Crippen molar-refractivity contribution in [3.8, 4) is 0 Å². The van der Waals surface area contributed by atoms with Crippen molar-refractivity contribution in [2.45, 2.75) is 49.7 Å². The zero-order valence-corrected chi connectivity index (χ0v) is 15.1. The molecule has 1 aliphatic heterocycles. The molecule has 1 aliphatic carbocycles. The lowest BCUT2D eigenvalue weighted by atomic mass is 9.87. The van der Waals surface area contributed by atoms with Crippen LogP contribution < -0.4 is 0 Å². The van der Waals surface area contributed by atoms with Gasteiger partial charge in [0.25, 0.3) is 0 Å². The molecule has 0 spiro atoms. The maximum absolute atomic E-state index is 12.2. The Morgan fingerprint density at radius 2 is 1.52 bits per heavy atom. The van der Waals surface area contributed by atoms with Crippen molar-refractivity contribution >= 4 is 11.8 Å². The fourth-order valence-corrected chi connectivity index (χ4v) is 3.27. The molecule has 3 nitrogen and oxygen atoms in total. The molecule has 25 heavy (non-hydrogen) atoms. The fraction of sp³-hybridized carbons (Fsp3) is 0.667. The van der Waals surface area contributed by atoms with Crippen molar-refractivity contribution in [2.75, 3.05) is 19.5 Å². The van der Waals surface area contributed by atoms with Crippen molar-refractivity contribution in [3.05, 3.63) is 36.5 Å². The Balaban J connectivity index is 1.61. The van der Waals surface area contributed by atoms with Gasteiger partial charge in [-0.2, -0.15) is 11.8 Å². The summed E-state index contributed by atoms with van der Waals surface area (Å²) in [5.74, 6) is 0.315. The minimum Gasteiger partial charge on any atom is -0.348 e. The van der Waals surface area contributed by atoms with Gasteiger partial charge in [0.2, 0.25) is 0 Å². The smallest absolute Gasteiger partial charge is 0.348 e. The van der Waals surface area contributed by atoms with E-state index in [0.717, 1.165) is 12.8 Å². The normalized spacial score (nSPS) is 32.2. The van der Waals surface area contributed by atoms with Crippen molar-refractivity contribution in [3.63, 3.8) is 0 Å². The summed E-state index contributed by atoms with van der Waals surface area (Å²) in [6.45, 7) is 1.39. The Hall–Kier alpha value is -0.760. The summed E-state index contributed by atoms with van der Waals surface area (Å²) in [5, 5.41) is 0.403. The molecule has 2 aliphatic rings. The van der Waals surface area contributed by atoms with Crippen LogP contribution in [0.3, 0.4) is 0 Å². The second kappa shape index (κ2) is 10.4. The van der Waals surface area contributed by atoms with Crippen molar-refractivity contribution in [2.24, 2.45) is 5.92 Å². The van der Waals surface area contributed by atoms with Crippen LogP contribution in [0.1, 0.15) is 25.7 Å². The number of thioether (sulfide) groups is 1. The van der Waals surface area contributed by atoms with Crippen molar-refractivity contribution < 1.29 is 27.4 Å². The maximum atomic E-state index is 12.2. The molecule has 2 fully saturated rings. The van der Waals surface area contributed by atoms with Gasteiger partial charge in [-0.05, 0) is 43.9 Å². The van der Waals surface area contributed by atoms with E-state index in [1.807, 2.05) is 42.7 Å². The molecule has 0 aromatic carbocycles. The van der Waals surface area contributed by atoms with E-state index in [-0.39, 0.29) is 6.29 Å². The largest absolute Gasteiger partial charge is 0.522 e. The van der Waals surface area contributed by atoms with Crippen LogP contribution in [0.15, 0.2) is 36.5 Å². The standard InChI is InChI=1S/C18H25F3O3S/c1-25-16-12-22-17(23-13-16)7-5-3-2-4-6-14-8-10-15(11-9-14)24-18(19,20)21/h2-7,14-17H,8-13H2,1H3/b3-2+,6-4+,7-5+. The fourth-order valence-electron chi connectivity index (χ4n) is 2.84. The number of alkyl halides is 3. The van der Waals surface area contributed by atoms with Crippen LogP contribution in [0.5, 0.6) is 0 Å². The number of hydrogen-bond acceptors (Lipinski definition) is 4. The summed E-state index contributed by atoms with van der Waals surface area (Å²) in [5.41, 5.74) is 0. The minimum absolute atomic E-state index is 0.291. The minimum atomic E-state index is -4.52. The van der Waals surface area contributed by atoms with Gasteiger partial charge in [-0.15, -0.1) is 13.2 Å². The second-order valence-electron chi connectivity index (χ2n) is 6.15. The molecule has 1 saturated carbocycles. The predicted octanol–water partition coefficient (Wildman–Crippen LogP) is 4.85. The average molecular weight is 378 g/mol. The maximum Gasteiger partial charge on any atom is 0.522 e. The Labute approximate surface area is 151 Å². The first-order valence-electron chi connectivity index (χ1n) is 8.48. The van der Waals surface area contributed by atoms with Crippen LogP contribution in [0.25, 0.3) is 0 Å². The molecule has 142 valence electrons. The number of halogens is 3. The van der Waals surface area contributed by atoms with Gasteiger partial charge >= 0.3 is 6.36 Å². The van der Waals surface area contributed by atoms with Crippen LogP contribution in [-0.2, 0) is 14.2 Å². The van der Waals surface area contributed by atoms with E-state index < -0.39 is 12.5 Å². The first-order chi connectivity index (χ1) is 12.0. The summed E-state index contributed by atoms with van der Waals surface area (Å²) in [7, 11) is 0. The van der Waals surface area contributed by atoms with Crippen molar-refractivity contribution in [1.29, 1.82) is 0 Å². The molecule has 0 atom stereocenters. The van der Waals surface area contributed by atoms with E-state index in [9.17, 15) is 13.2 Å². The molecular formula is C18H25F3O3S. The first kappa shape index (κ1) is 20.6. The van der Waals surface area contributed by atoms with Gasteiger partial charge in [0, 0.05) is 0 Å². The van der Waals surface area contributed by atoms with Crippen LogP contribution in [0, 0.1) is 5.92 Å². The van der Waals surface area contributed by atoms with Crippen LogP contribution in [0.2, 0.25) is 0 Å². The number of allylic oxidation sites excluding steroid dienone is 5. The monoisotopic (exact) mass is 378 g/mol. The summed E-state index contributed by atoms with van der Waals surface area (Å²) in [4.78, 5) is 0.